The molecule has 168 valence electrons. The summed E-state index contributed by atoms with van der Waals surface area (Å²) in [6, 6.07) is 14.1. The van der Waals surface area contributed by atoms with Gasteiger partial charge in [0, 0.05) is 11.6 Å². The number of benzene rings is 2. The van der Waals surface area contributed by atoms with E-state index in [4.69, 9.17) is 14.0 Å². The molecule has 3 aromatic rings. The van der Waals surface area contributed by atoms with E-state index in [-0.39, 0.29) is 17.2 Å². The third kappa shape index (κ3) is 4.10. The van der Waals surface area contributed by atoms with Crippen molar-refractivity contribution in [1.82, 2.24) is 5.16 Å². The highest BCUT2D eigenvalue weighted by Gasteiger charge is 2.48. The molecule has 0 bridgehead atoms. The van der Waals surface area contributed by atoms with Gasteiger partial charge in [-0.1, -0.05) is 29.9 Å². The zero-order valence-corrected chi connectivity index (χ0v) is 18.1. The van der Waals surface area contributed by atoms with E-state index < -0.39 is 17.7 Å². The van der Waals surface area contributed by atoms with Gasteiger partial charge in [0.05, 0.1) is 18.7 Å². The van der Waals surface area contributed by atoms with E-state index in [0.29, 0.717) is 35.0 Å². The van der Waals surface area contributed by atoms with Crippen molar-refractivity contribution >= 4 is 23.3 Å². The molecule has 1 amide bonds. The maximum absolute atomic E-state index is 13.1. The second-order valence-corrected chi connectivity index (χ2v) is 7.36. The van der Waals surface area contributed by atoms with Crippen LogP contribution < -0.4 is 14.4 Å². The largest absolute Gasteiger partial charge is 0.507 e. The van der Waals surface area contributed by atoms with Crippen molar-refractivity contribution in [1.29, 1.82) is 0 Å². The van der Waals surface area contributed by atoms with Crippen LogP contribution in [0.15, 0.2) is 77.3 Å². The first-order valence-electron chi connectivity index (χ1n) is 10.2. The van der Waals surface area contributed by atoms with Gasteiger partial charge in [-0.3, -0.25) is 14.5 Å². The molecule has 1 saturated heterocycles. The molecule has 0 saturated carbocycles. The van der Waals surface area contributed by atoms with E-state index in [9.17, 15) is 14.7 Å². The first kappa shape index (κ1) is 21.9. The summed E-state index contributed by atoms with van der Waals surface area (Å²) in [5, 5.41) is 15.0. The third-order valence-electron chi connectivity index (χ3n) is 5.23. The van der Waals surface area contributed by atoms with Crippen molar-refractivity contribution in [3.05, 3.63) is 89.7 Å². The number of aromatic nitrogens is 1. The predicted octanol–water partition coefficient (Wildman–Crippen LogP) is 4.18. The summed E-state index contributed by atoms with van der Waals surface area (Å²) >= 11 is 0. The zero-order chi connectivity index (χ0) is 23.5. The number of aliphatic hydroxyl groups excluding tert-OH is 1. The van der Waals surface area contributed by atoms with Crippen molar-refractivity contribution in [2.45, 2.75) is 13.0 Å². The van der Waals surface area contributed by atoms with Crippen LogP contribution in [-0.4, -0.2) is 35.7 Å². The van der Waals surface area contributed by atoms with Gasteiger partial charge in [0.15, 0.2) is 5.82 Å². The molecule has 0 spiro atoms. The fraction of sp³-hybridized carbons (Fsp3) is 0.160. The Morgan fingerprint density at radius 2 is 1.82 bits per heavy atom. The number of rotatable bonds is 7. The Morgan fingerprint density at radius 3 is 2.39 bits per heavy atom. The minimum atomic E-state index is -0.912. The molecule has 0 unspecified atom stereocenters. The average molecular weight is 446 g/mol. The normalized spacial score (nSPS) is 17.3. The summed E-state index contributed by atoms with van der Waals surface area (Å²) in [4.78, 5) is 27.4. The van der Waals surface area contributed by atoms with Crippen LogP contribution in [0.4, 0.5) is 5.82 Å². The Labute approximate surface area is 190 Å². The number of methoxy groups -OCH3 is 1. The molecule has 4 rings (SSSR count). The monoisotopic (exact) mass is 446 g/mol. The lowest BCUT2D eigenvalue weighted by molar-refractivity contribution is -0.132. The van der Waals surface area contributed by atoms with E-state index in [2.05, 4.69) is 11.7 Å². The van der Waals surface area contributed by atoms with Crippen molar-refractivity contribution in [2.75, 3.05) is 18.6 Å². The summed E-state index contributed by atoms with van der Waals surface area (Å²) in [6.07, 6.45) is 1.63. The van der Waals surface area contributed by atoms with Crippen molar-refractivity contribution in [2.24, 2.45) is 0 Å². The van der Waals surface area contributed by atoms with Crippen LogP contribution in [0.25, 0.3) is 5.76 Å². The number of nitrogens with zero attached hydrogens (tertiary/aromatic N) is 2. The van der Waals surface area contributed by atoms with Crippen molar-refractivity contribution < 1.29 is 28.7 Å². The lowest BCUT2D eigenvalue weighted by Crippen LogP contribution is -2.29. The molecule has 2 aromatic carbocycles. The molecular weight excluding hydrogens is 424 g/mol. The maximum Gasteiger partial charge on any atom is 0.301 e. The molecule has 1 atom stereocenters. The van der Waals surface area contributed by atoms with E-state index in [1.165, 1.54) is 12.0 Å². The number of ketones is 1. The molecule has 8 nitrogen and oxygen atoms in total. The van der Waals surface area contributed by atoms with Gasteiger partial charge in [0.1, 0.15) is 29.6 Å². The summed E-state index contributed by atoms with van der Waals surface area (Å²) in [5.41, 5.74) is 0.919. The van der Waals surface area contributed by atoms with Gasteiger partial charge in [0.2, 0.25) is 0 Å². The Balaban J connectivity index is 1.85. The molecule has 1 fully saturated rings. The molecule has 1 N–H and O–H groups in total. The number of amides is 1. The Morgan fingerprint density at radius 1 is 1.15 bits per heavy atom. The highest BCUT2D eigenvalue weighted by molar-refractivity contribution is 6.51. The summed E-state index contributed by atoms with van der Waals surface area (Å²) in [7, 11) is 1.53. The number of hydrogen-bond acceptors (Lipinski definition) is 7. The number of aryl methyl sites for hydroxylation is 1. The molecule has 0 radical (unpaired) electrons. The average Bonchev–Trinajstić information content (AvgIpc) is 3.38. The van der Waals surface area contributed by atoms with Crippen LogP contribution >= 0.6 is 0 Å². The number of carbonyl (C=O) groups excluding carboxylic acids is 2. The van der Waals surface area contributed by atoms with E-state index in [0.717, 1.165) is 0 Å². The number of carbonyl (C=O) groups is 2. The van der Waals surface area contributed by atoms with Gasteiger partial charge >= 0.3 is 5.91 Å². The third-order valence-corrected chi connectivity index (χ3v) is 5.23. The predicted molar refractivity (Wildman–Crippen MR) is 121 cm³/mol. The fourth-order valence-electron chi connectivity index (χ4n) is 3.66. The summed E-state index contributed by atoms with van der Waals surface area (Å²) in [5.74, 6) is -0.0684. The highest BCUT2D eigenvalue weighted by atomic mass is 16.5. The van der Waals surface area contributed by atoms with Gasteiger partial charge in [-0.15, -0.1) is 0 Å². The van der Waals surface area contributed by atoms with Crippen LogP contribution in [0, 0.1) is 6.92 Å². The Kier molecular flexibility index (Phi) is 5.99. The number of ether oxygens (including phenoxy) is 2. The lowest BCUT2D eigenvalue weighted by atomic mass is 9.95. The van der Waals surface area contributed by atoms with E-state index in [1.807, 2.05) is 0 Å². The molecule has 33 heavy (non-hydrogen) atoms. The minimum Gasteiger partial charge on any atom is -0.507 e. The quantitative estimate of drug-likeness (QED) is 0.251. The lowest BCUT2D eigenvalue weighted by Gasteiger charge is -2.23. The number of Topliss-reactive ketones (excluding diaryl/α,β-unsaturated/α-hetero) is 1. The van der Waals surface area contributed by atoms with Crippen molar-refractivity contribution in [3.8, 4) is 11.5 Å². The fourth-order valence-corrected chi connectivity index (χ4v) is 3.66. The molecule has 8 heteroatoms. The molecule has 1 aliphatic heterocycles. The maximum atomic E-state index is 13.1. The SMILES string of the molecule is C=CCOc1ccc([C@@H]2C(=C(O)c3ccc(OC)cc3)C(=O)C(=O)N2c2cc(C)on2)cc1. The highest BCUT2D eigenvalue weighted by Crippen LogP contribution is 2.42. The van der Waals surface area contributed by atoms with E-state index in [1.54, 1.807) is 67.6 Å². The van der Waals surface area contributed by atoms with Crippen LogP contribution in [0.5, 0.6) is 11.5 Å². The molecule has 1 aliphatic rings. The van der Waals surface area contributed by atoms with Crippen molar-refractivity contribution in [3.63, 3.8) is 0 Å². The number of aliphatic hydroxyl groups is 1. The second kappa shape index (κ2) is 9.04. The Bertz CT molecular complexity index is 1220. The minimum absolute atomic E-state index is 0.0504. The van der Waals surface area contributed by atoms with Gasteiger partial charge < -0.3 is 19.1 Å². The van der Waals surface area contributed by atoms with Gasteiger partial charge in [-0.05, 0) is 48.9 Å². The number of hydrogen-bond donors (Lipinski definition) is 1. The van der Waals surface area contributed by atoms with E-state index >= 15 is 0 Å². The molecule has 1 aromatic heterocycles. The molecule has 0 aliphatic carbocycles. The van der Waals surface area contributed by atoms with Crippen LogP contribution in [0.2, 0.25) is 0 Å². The summed E-state index contributed by atoms with van der Waals surface area (Å²) < 4.78 is 15.8. The van der Waals surface area contributed by atoms with Gasteiger partial charge in [-0.25, -0.2) is 0 Å². The Hall–Kier alpha value is -4.33. The molecular formula is C25H22N2O6. The zero-order valence-electron chi connectivity index (χ0n) is 18.1. The van der Waals surface area contributed by atoms with Gasteiger partial charge in [-0.2, -0.15) is 0 Å². The van der Waals surface area contributed by atoms with Gasteiger partial charge in [0.25, 0.3) is 5.78 Å². The topological polar surface area (TPSA) is 102 Å². The summed E-state index contributed by atoms with van der Waals surface area (Å²) in [6.45, 7) is 5.65. The smallest absolute Gasteiger partial charge is 0.301 e. The van der Waals surface area contributed by atoms with Crippen LogP contribution in [0.1, 0.15) is 22.9 Å². The standard InChI is InChI=1S/C25H22N2O6/c1-4-13-32-19-11-5-16(6-12-19)22-21(23(28)17-7-9-18(31-3)10-8-17)24(29)25(30)27(22)20-14-15(2)33-26-20/h4-12,14,22,28H,1,13H2,2-3H3/t22-/m1/s1. The van der Waals surface area contributed by atoms with Crippen LogP contribution in [-0.2, 0) is 9.59 Å². The van der Waals surface area contributed by atoms with Crippen LogP contribution in [0.3, 0.4) is 0 Å². The second-order valence-electron chi connectivity index (χ2n) is 7.36. The first-order valence-corrected chi connectivity index (χ1v) is 10.2. The number of anilines is 1. The molecule has 2 heterocycles. The first-order chi connectivity index (χ1) is 15.9.